The van der Waals surface area contributed by atoms with Crippen LogP contribution in [0.4, 0.5) is 0 Å². The molecule has 4 N–H and O–H groups in total. The van der Waals surface area contributed by atoms with Crippen molar-refractivity contribution < 1.29 is 9.90 Å². The monoisotopic (exact) mass is 315 g/mol. The van der Waals surface area contributed by atoms with Gasteiger partial charge in [0.1, 0.15) is 0 Å². The Hall–Kier alpha value is -1.14. The zero-order valence-corrected chi connectivity index (χ0v) is 14.3. The number of hydrazine groups is 1. The second kappa shape index (κ2) is 9.73. The summed E-state index contributed by atoms with van der Waals surface area (Å²) in [4.78, 5) is 12.2. The van der Waals surface area contributed by atoms with Crippen LogP contribution in [0.15, 0.2) is 12.7 Å². The van der Waals surface area contributed by atoms with Gasteiger partial charge >= 0.3 is 0 Å². The Bertz CT molecular complexity index is 351. The van der Waals surface area contributed by atoms with Crippen molar-refractivity contribution >= 4 is 23.2 Å². The molecule has 0 rings (SSSR count). The molecule has 0 unspecified atom stereocenters. The summed E-state index contributed by atoms with van der Waals surface area (Å²) in [7, 11) is 0. The largest absolute Gasteiger partial charge is 0.390 e. The Labute approximate surface area is 133 Å². The zero-order valence-electron chi connectivity index (χ0n) is 13.5. The van der Waals surface area contributed by atoms with E-state index in [1.807, 2.05) is 0 Å². The quantitative estimate of drug-likeness (QED) is 0.313. The van der Waals surface area contributed by atoms with Gasteiger partial charge in [-0.25, -0.2) is 0 Å². The van der Waals surface area contributed by atoms with Crippen LogP contribution in [0.3, 0.4) is 0 Å². The van der Waals surface area contributed by atoms with Crippen molar-refractivity contribution in [3.63, 3.8) is 0 Å². The summed E-state index contributed by atoms with van der Waals surface area (Å²) in [5.74, 6) is 0.119. The average molecular weight is 315 g/mol. The molecule has 5 nitrogen and oxygen atoms in total. The minimum absolute atomic E-state index is 0.152. The van der Waals surface area contributed by atoms with Crippen LogP contribution in [0.25, 0.3) is 0 Å². The van der Waals surface area contributed by atoms with Crippen molar-refractivity contribution in [1.82, 2.24) is 16.2 Å². The van der Waals surface area contributed by atoms with Gasteiger partial charge in [-0.1, -0.05) is 26.3 Å². The van der Waals surface area contributed by atoms with Crippen molar-refractivity contribution in [2.75, 3.05) is 6.54 Å². The van der Waals surface area contributed by atoms with Crippen LogP contribution in [0.5, 0.6) is 0 Å². The van der Waals surface area contributed by atoms with Crippen LogP contribution in [-0.2, 0) is 4.79 Å². The molecule has 0 saturated heterocycles. The van der Waals surface area contributed by atoms with Crippen molar-refractivity contribution in [1.29, 1.82) is 0 Å². The lowest BCUT2D eigenvalue weighted by atomic mass is 9.87. The van der Waals surface area contributed by atoms with E-state index in [9.17, 15) is 9.90 Å². The van der Waals surface area contributed by atoms with Gasteiger partial charge in [0, 0.05) is 12.5 Å². The van der Waals surface area contributed by atoms with E-state index in [0.29, 0.717) is 24.0 Å². The minimum Gasteiger partial charge on any atom is -0.390 e. The molecule has 0 aliphatic rings. The number of carbonyl (C=O) groups is 1. The van der Waals surface area contributed by atoms with Crippen molar-refractivity contribution in [3.8, 4) is 0 Å². The Morgan fingerprint density at radius 2 is 1.95 bits per heavy atom. The smallest absolute Gasteiger partial charge is 0.241 e. The summed E-state index contributed by atoms with van der Waals surface area (Å²) in [6.45, 7) is 11.8. The first kappa shape index (κ1) is 19.9. The number of amides is 1. The van der Waals surface area contributed by atoms with Gasteiger partial charge in [0.2, 0.25) is 5.91 Å². The molecular formula is C15H29N3O2S. The molecule has 0 saturated carbocycles. The lowest BCUT2D eigenvalue weighted by molar-refractivity contribution is -0.128. The standard InChI is InChI=1S/C15H29N3O2S/c1-6-9-16-14(21)18-17-13(19)12(8-7-11(2)3)10-15(4,5)20/h6,11-12,20H,1,7-10H2,2-5H3,(H,17,19)(H2,16,18,21)/t12-/m0/s1. The van der Waals surface area contributed by atoms with Crippen LogP contribution < -0.4 is 16.2 Å². The minimum atomic E-state index is -0.874. The van der Waals surface area contributed by atoms with E-state index >= 15 is 0 Å². The highest BCUT2D eigenvalue weighted by molar-refractivity contribution is 7.80. The normalized spacial score (nSPS) is 12.7. The van der Waals surface area contributed by atoms with Crippen LogP contribution in [0.2, 0.25) is 0 Å². The first-order valence-corrected chi connectivity index (χ1v) is 7.73. The van der Waals surface area contributed by atoms with E-state index in [-0.39, 0.29) is 11.8 Å². The molecule has 0 aliphatic heterocycles. The number of hydrogen-bond donors (Lipinski definition) is 4. The Morgan fingerprint density at radius 1 is 1.33 bits per heavy atom. The third kappa shape index (κ3) is 11.2. The van der Waals surface area contributed by atoms with Crippen molar-refractivity contribution in [2.24, 2.45) is 11.8 Å². The number of rotatable bonds is 8. The van der Waals surface area contributed by atoms with Crippen LogP contribution in [0, 0.1) is 11.8 Å². The Morgan fingerprint density at radius 3 is 2.43 bits per heavy atom. The molecule has 1 amide bonds. The van der Waals surface area contributed by atoms with Gasteiger partial charge in [0.15, 0.2) is 5.11 Å². The fourth-order valence-electron chi connectivity index (χ4n) is 1.89. The van der Waals surface area contributed by atoms with E-state index in [1.54, 1.807) is 19.9 Å². The summed E-state index contributed by atoms with van der Waals surface area (Å²) >= 11 is 5.01. The predicted octanol–water partition coefficient (Wildman–Crippen LogP) is 1.88. The summed E-state index contributed by atoms with van der Waals surface area (Å²) in [6, 6.07) is 0. The van der Waals surface area contributed by atoms with Gasteiger partial charge in [-0.15, -0.1) is 6.58 Å². The Balaban J connectivity index is 4.42. The van der Waals surface area contributed by atoms with E-state index in [0.717, 1.165) is 12.8 Å². The highest BCUT2D eigenvalue weighted by atomic mass is 32.1. The van der Waals surface area contributed by atoms with Gasteiger partial charge in [0.05, 0.1) is 5.60 Å². The van der Waals surface area contributed by atoms with E-state index in [4.69, 9.17) is 12.2 Å². The lowest BCUT2D eigenvalue weighted by Crippen LogP contribution is -2.49. The number of thiocarbonyl (C=S) groups is 1. The molecule has 0 aromatic heterocycles. The molecule has 0 aliphatic carbocycles. The van der Waals surface area contributed by atoms with Gasteiger partial charge < -0.3 is 10.4 Å². The fourth-order valence-corrected chi connectivity index (χ4v) is 2.03. The van der Waals surface area contributed by atoms with Crippen LogP contribution >= 0.6 is 12.2 Å². The van der Waals surface area contributed by atoms with Gasteiger partial charge in [-0.05, 0) is 44.8 Å². The maximum Gasteiger partial charge on any atom is 0.241 e. The van der Waals surface area contributed by atoms with Crippen molar-refractivity contribution in [2.45, 2.75) is 52.6 Å². The molecule has 6 heteroatoms. The second-order valence-electron chi connectivity index (χ2n) is 6.30. The highest BCUT2D eigenvalue weighted by Crippen LogP contribution is 2.22. The number of hydrogen-bond acceptors (Lipinski definition) is 3. The van der Waals surface area contributed by atoms with Gasteiger partial charge in [-0.3, -0.25) is 15.6 Å². The molecule has 0 radical (unpaired) electrons. The van der Waals surface area contributed by atoms with Crippen LogP contribution in [0.1, 0.15) is 47.0 Å². The lowest BCUT2D eigenvalue weighted by Gasteiger charge is -2.25. The Kier molecular flexibility index (Phi) is 9.21. The first-order valence-electron chi connectivity index (χ1n) is 7.32. The SMILES string of the molecule is C=CCNC(=S)NNC(=O)[C@@H](CCC(C)C)CC(C)(C)O. The summed E-state index contributed by atoms with van der Waals surface area (Å²) in [5, 5.41) is 13.2. The zero-order chi connectivity index (χ0) is 16.5. The molecule has 0 aromatic carbocycles. The highest BCUT2D eigenvalue weighted by Gasteiger charge is 2.26. The topological polar surface area (TPSA) is 73.4 Å². The molecule has 0 spiro atoms. The summed E-state index contributed by atoms with van der Waals surface area (Å²) in [5.41, 5.74) is 4.39. The molecule has 122 valence electrons. The maximum absolute atomic E-state index is 12.2. The molecule has 0 heterocycles. The van der Waals surface area contributed by atoms with Crippen molar-refractivity contribution in [3.05, 3.63) is 12.7 Å². The molecule has 0 fully saturated rings. The fraction of sp³-hybridized carbons (Fsp3) is 0.733. The molecule has 21 heavy (non-hydrogen) atoms. The first-order chi connectivity index (χ1) is 9.65. The number of aliphatic hydroxyl groups is 1. The molecular weight excluding hydrogens is 286 g/mol. The number of carbonyl (C=O) groups excluding carboxylic acids is 1. The summed E-state index contributed by atoms with van der Waals surface area (Å²) < 4.78 is 0. The maximum atomic E-state index is 12.2. The van der Waals surface area contributed by atoms with Crippen LogP contribution in [-0.4, -0.2) is 28.3 Å². The molecule has 1 atom stereocenters. The van der Waals surface area contributed by atoms with E-state index in [1.165, 1.54) is 0 Å². The summed E-state index contributed by atoms with van der Waals surface area (Å²) in [6.07, 6.45) is 3.77. The second-order valence-corrected chi connectivity index (χ2v) is 6.71. The van der Waals surface area contributed by atoms with Gasteiger partial charge in [0.25, 0.3) is 0 Å². The molecule has 0 bridgehead atoms. The number of nitrogens with one attached hydrogen (secondary N) is 3. The van der Waals surface area contributed by atoms with E-state index < -0.39 is 5.60 Å². The molecule has 0 aromatic rings. The van der Waals surface area contributed by atoms with Gasteiger partial charge in [-0.2, -0.15) is 0 Å². The third-order valence-corrected chi connectivity index (χ3v) is 3.16. The average Bonchev–Trinajstić information content (AvgIpc) is 2.36. The third-order valence-electron chi connectivity index (χ3n) is 2.92. The van der Waals surface area contributed by atoms with E-state index in [2.05, 4.69) is 36.6 Å². The predicted molar refractivity (Wildman–Crippen MR) is 90.6 cm³/mol.